The van der Waals surface area contributed by atoms with Gasteiger partial charge in [-0.15, -0.1) is 0 Å². The van der Waals surface area contributed by atoms with Crippen LogP contribution in [0.2, 0.25) is 0 Å². The number of nitro groups is 1. The van der Waals surface area contributed by atoms with Gasteiger partial charge in [0.15, 0.2) is 0 Å². The first kappa shape index (κ1) is 41.5. The number of para-hydroxylation sites is 1. The standard InChI is InChI=1S/C18H31N5O4.C12H13N3.2C2H6/c1-7-14(16(24)27-18(5,6)8-2)20-15-11-13(23(25)26)12-19-17(21-15)22(9-3)10-4;13-10-5-4-8-14-12(9-10)15-11-6-2-1-3-7-11;2*1-2/h11-14,20H,7-10H2,1-6H3;1-8H,9,13H2,(H,14,15);2*1-2H3. The molecule has 0 aliphatic carbocycles. The second-order valence-corrected chi connectivity index (χ2v) is 10.2. The number of benzene rings is 1. The van der Waals surface area contributed by atoms with Crippen LogP contribution in [0.15, 0.2) is 81.3 Å². The van der Waals surface area contributed by atoms with E-state index in [1.165, 1.54) is 12.3 Å². The molecule has 2 aliphatic heterocycles. The molecule has 0 amide bonds. The molecule has 2 aliphatic rings. The number of ether oxygens (including phenoxy) is 1. The maximum Gasteiger partial charge on any atom is 0.329 e. The van der Waals surface area contributed by atoms with Crippen molar-refractivity contribution in [3.63, 3.8) is 0 Å². The third kappa shape index (κ3) is 15.5. The third-order valence-electron chi connectivity index (χ3n) is 6.49. The summed E-state index contributed by atoms with van der Waals surface area (Å²) in [6, 6.07) is 8.16. The number of nitrogens with zero attached hydrogens (tertiary/aromatic N) is 5. The molecule has 46 heavy (non-hydrogen) atoms. The summed E-state index contributed by atoms with van der Waals surface area (Å²) in [5, 5.41) is 17.5. The topological polar surface area (TPSA) is 160 Å². The van der Waals surface area contributed by atoms with Crippen molar-refractivity contribution in [2.75, 3.05) is 18.4 Å². The predicted octanol–water partition coefficient (Wildman–Crippen LogP) is 6.66. The van der Waals surface area contributed by atoms with Crippen molar-refractivity contribution in [3.05, 3.63) is 76.4 Å². The van der Waals surface area contributed by atoms with Crippen LogP contribution in [0.1, 0.15) is 88.5 Å². The summed E-state index contributed by atoms with van der Waals surface area (Å²) in [6.45, 7) is 20.7. The van der Waals surface area contributed by atoms with Gasteiger partial charge in [0.1, 0.15) is 23.3 Å². The summed E-state index contributed by atoms with van der Waals surface area (Å²) in [7, 11) is 0. The minimum Gasteiger partial charge on any atom is -0.458 e. The molecule has 2 heterocycles. The molecule has 1 aromatic rings. The highest BCUT2D eigenvalue weighted by Crippen LogP contribution is 2.16. The number of carbonyl (C=O) groups excluding carboxylic acids is 1. The van der Waals surface area contributed by atoms with Crippen LogP contribution >= 0.6 is 0 Å². The Balaban J connectivity index is 0.000000892. The Labute approximate surface area is 275 Å². The zero-order valence-electron chi connectivity index (χ0n) is 29.4. The molecular formula is C34H56N8O4. The van der Waals surface area contributed by atoms with Crippen LogP contribution in [-0.4, -0.2) is 64.6 Å². The maximum absolute atomic E-state index is 12.5. The Kier molecular flexibility index (Phi) is 20.7. The predicted molar refractivity (Wildman–Crippen MR) is 192 cm³/mol. The van der Waals surface area contributed by atoms with Crippen molar-refractivity contribution in [2.45, 2.75) is 106 Å². The Morgan fingerprint density at radius 1 is 1.13 bits per heavy atom. The highest BCUT2D eigenvalue weighted by atomic mass is 16.6. The van der Waals surface area contributed by atoms with E-state index in [1.54, 1.807) is 6.20 Å². The van der Waals surface area contributed by atoms with Gasteiger partial charge in [0, 0.05) is 48.1 Å². The Hall–Kier alpha value is -4.48. The van der Waals surface area contributed by atoms with Crippen molar-refractivity contribution in [1.29, 1.82) is 0 Å². The fourth-order valence-corrected chi connectivity index (χ4v) is 3.66. The number of nitrogens with two attached hydrogens (primary N) is 1. The SMILES string of the molecule is CC.CC.CCC(NC1=CC([N+](=O)[O-])C=NC(N(CC)CC)=N1)C(=O)OC(C)(C)CC.NC1=CC=CN=C(Nc2ccccc2)C1. The molecule has 0 fully saturated rings. The molecule has 0 saturated heterocycles. The van der Waals surface area contributed by atoms with Crippen LogP contribution < -0.4 is 16.4 Å². The Bertz CT molecular complexity index is 1230. The lowest BCUT2D eigenvalue weighted by molar-refractivity contribution is -0.489. The zero-order chi connectivity index (χ0) is 35.1. The normalized spacial score (nSPS) is 15.8. The van der Waals surface area contributed by atoms with E-state index < -0.39 is 28.6 Å². The van der Waals surface area contributed by atoms with E-state index in [1.807, 2.05) is 117 Å². The minimum atomic E-state index is -1.12. The fraction of sp³-hybridized carbons (Fsp3) is 0.529. The second kappa shape index (κ2) is 22.9. The van der Waals surface area contributed by atoms with Crippen molar-refractivity contribution < 1.29 is 14.5 Å². The van der Waals surface area contributed by atoms with Gasteiger partial charge < -0.3 is 26.0 Å². The second-order valence-electron chi connectivity index (χ2n) is 10.2. The minimum absolute atomic E-state index is 0.245. The van der Waals surface area contributed by atoms with E-state index in [0.29, 0.717) is 38.3 Å². The summed E-state index contributed by atoms with van der Waals surface area (Å²) in [5.41, 5.74) is 7.03. The van der Waals surface area contributed by atoms with Gasteiger partial charge in [-0.2, -0.15) is 4.99 Å². The summed E-state index contributed by atoms with van der Waals surface area (Å²) in [5.74, 6) is 1.07. The number of amidine groups is 1. The van der Waals surface area contributed by atoms with Gasteiger partial charge in [0.2, 0.25) is 5.96 Å². The van der Waals surface area contributed by atoms with Crippen LogP contribution in [0.4, 0.5) is 5.69 Å². The van der Waals surface area contributed by atoms with Crippen LogP contribution in [-0.2, 0) is 9.53 Å². The van der Waals surface area contributed by atoms with Crippen LogP contribution in [0, 0.1) is 10.1 Å². The largest absolute Gasteiger partial charge is 0.458 e. The van der Waals surface area contributed by atoms with Gasteiger partial charge in [0.25, 0.3) is 6.04 Å². The molecule has 256 valence electrons. The van der Waals surface area contributed by atoms with E-state index in [-0.39, 0.29) is 5.82 Å². The third-order valence-corrected chi connectivity index (χ3v) is 6.49. The quantitative estimate of drug-likeness (QED) is 0.145. The van der Waals surface area contributed by atoms with Crippen LogP contribution in [0.5, 0.6) is 0 Å². The van der Waals surface area contributed by atoms with E-state index in [9.17, 15) is 14.9 Å². The van der Waals surface area contributed by atoms with Gasteiger partial charge in [-0.3, -0.25) is 10.1 Å². The number of esters is 1. The number of nitrogens with one attached hydrogen (secondary N) is 2. The highest BCUT2D eigenvalue weighted by Gasteiger charge is 2.28. The number of rotatable bonds is 10. The lowest BCUT2D eigenvalue weighted by atomic mass is 10.1. The smallest absolute Gasteiger partial charge is 0.329 e. The summed E-state index contributed by atoms with van der Waals surface area (Å²) in [4.78, 5) is 38.1. The summed E-state index contributed by atoms with van der Waals surface area (Å²) >= 11 is 0. The molecule has 4 N–H and O–H groups in total. The number of guanidine groups is 1. The lowest BCUT2D eigenvalue weighted by Crippen LogP contribution is -2.41. The molecule has 2 atom stereocenters. The van der Waals surface area contributed by atoms with Gasteiger partial charge in [-0.25, -0.2) is 14.8 Å². The average molecular weight is 641 g/mol. The van der Waals surface area contributed by atoms with E-state index in [4.69, 9.17) is 10.5 Å². The van der Waals surface area contributed by atoms with Crippen molar-refractivity contribution in [1.82, 2.24) is 10.2 Å². The number of aliphatic imine (C=N–C) groups is 3. The van der Waals surface area contributed by atoms with Gasteiger partial charge >= 0.3 is 5.97 Å². The fourth-order valence-electron chi connectivity index (χ4n) is 3.66. The molecule has 12 heteroatoms. The van der Waals surface area contributed by atoms with E-state index >= 15 is 0 Å². The average Bonchev–Trinajstić information content (AvgIpc) is 3.40. The number of carbonyl (C=O) groups is 1. The first-order valence-electron chi connectivity index (χ1n) is 16.2. The summed E-state index contributed by atoms with van der Waals surface area (Å²) in [6.07, 6.45) is 9.85. The van der Waals surface area contributed by atoms with Crippen molar-refractivity contribution in [3.8, 4) is 0 Å². The van der Waals surface area contributed by atoms with Crippen molar-refractivity contribution >= 4 is 29.7 Å². The Morgan fingerprint density at radius 3 is 2.30 bits per heavy atom. The summed E-state index contributed by atoms with van der Waals surface area (Å²) < 4.78 is 5.55. The van der Waals surface area contributed by atoms with Crippen molar-refractivity contribution in [2.24, 2.45) is 20.7 Å². The van der Waals surface area contributed by atoms with Gasteiger partial charge in [-0.1, -0.05) is 59.7 Å². The number of hydrogen-bond acceptors (Lipinski definition) is 11. The molecule has 0 spiro atoms. The number of allylic oxidation sites excluding steroid dienone is 2. The molecule has 2 unspecified atom stereocenters. The van der Waals surface area contributed by atoms with E-state index in [0.717, 1.165) is 17.2 Å². The monoisotopic (exact) mass is 640 g/mol. The molecule has 0 aromatic heterocycles. The van der Waals surface area contributed by atoms with Crippen LogP contribution in [0.3, 0.4) is 0 Å². The zero-order valence-corrected chi connectivity index (χ0v) is 29.4. The molecule has 12 nitrogen and oxygen atoms in total. The molecule has 1 aromatic carbocycles. The van der Waals surface area contributed by atoms with Crippen LogP contribution in [0.25, 0.3) is 0 Å². The number of hydrogen-bond donors (Lipinski definition) is 3. The van der Waals surface area contributed by atoms with E-state index in [2.05, 4.69) is 25.6 Å². The first-order chi connectivity index (χ1) is 22.0. The van der Waals surface area contributed by atoms with Gasteiger partial charge in [-0.05, 0) is 64.8 Å². The molecule has 0 saturated carbocycles. The molecule has 0 bridgehead atoms. The highest BCUT2D eigenvalue weighted by molar-refractivity contribution is 5.97. The first-order valence-corrected chi connectivity index (χ1v) is 16.2. The lowest BCUT2D eigenvalue weighted by Gasteiger charge is -2.27. The molecule has 3 rings (SSSR count). The Morgan fingerprint density at radius 2 is 1.76 bits per heavy atom. The molecular weight excluding hydrogens is 584 g/mol. The maximum atomic E-state index is 12.5. The number of anilines is 1. The van der Waals surface area contributed by atoms with Gasteiger partial charge in [0.05, 0.1) is 6.21 Å². The molecule has 0 radical (unpaired) electrons.